The third kappa shape index (κ3) is 6.17. The highest BCUT2D eigenvalue weighted by Gasteiger charge is 2.36. The summed E-state index contributed by atoms with van der Waals surface area (Å²) in [6.45, 7) is 3.24. The molecule has 0 saturated heterocycles. The first kappa shape index (κ1) is 25.3. The average Bonchev–Trinajstić information content (AvgIpc) is 3.21. The molecule has 0 radical (unpaired) electrons. The van der Waals surface area contributed by atoms with E-state index in [1.165, 1.54) is 31.2 Å². The fourth-order valence-corrected chi connectivity index (χ4v) is 3.53. The molecule has 0 spiro atoms. The normalized spacial score (nSPS) is 12.3. The molecular weight excluding hydrogens is 473 g/mol. The Hall–Kier alpha value is -3.33. The Morgan fingerprint density at radius 3 is 2.50 bits per heavy atom. The van der Waals surface area contributed by atoms with Crippen molar-refractivity contribution in [2.24, 2.45) is 0 Å². The molecule has 10 heteroatoms. The van der Waals surface area contributed by atoms with Crippen LogP contribution in [0.5, 0.6) is 5.88 Å². The zero-order valence-electron chi connectivity index (χ0n) is 18.4. The van der Waals surface area contributed by atoms with Gasteiger partial charge in [-0.25, -0.2) is 4.79 Å². The molecule has 34 heavy (non-hydrogen) atoms. The zero-order valence-corrected chi connectivity index (χ0v) is 19.2. The minimum Gasteiger partial charge on any atom is -0.458 e. The molecule has 1 aromatic heterocycles. The van der Waals surface area contributed by atoms with Crippen molar-refractivity contribution in [1.82, 2.24) is 9.78 Å². The molecule has 180 valence electrons. The summed E-state index contributed by atoms with van der Waals surface area (Å²) in [5, 5.41) is 3.83. The Balaban J connectivity index is 2.00. The number of carbonyl (C=O) groups is 2. The molecule has 3 aromatic rings. The Morgan fingerprint density at radius 1 is 1.12 bits per heavy atom. The van der Waals surface area contributed by atoms with Crippen LogP contribution in [0.25, 0.3) is 5.69 Å². The van der Waals surface area contributed by atoms with Crippen molar-refractivity contribution in [2.45, 2.75) is 45.4 Å². The molecule has 0 fully saturated rings. The first-order valence-electron chi connectivity index (χ1n) is 10.5. The highest BCUT2D eigenvalue weighted by molar-refractivity contribution is 6.30. The van der Waals surface area contributed by atoms with E-state index in [9.17, 15) is 22.8 Å². The lowest BCUT2D eigenvalue weighted by molar-refractivity contribution is -0.147. The van der Waals surface area contributed by atoms with Crippen LogP contribution in [0.2, 0.25) is 5.02 Å². The topological polar surface area (TPSA) is 70.4 Å². The second-order valence-electron chi connectivity index (χ2n) is 7.47. The van der Waals surface area contributed by atoms with Gasteiger partial charge in [0.2, 0.25) is 5.88 Å². The number of esters is 2. The number of ether oxygens (including phenoxy) is 2. The molecular formula is C24H22ClF3N2O4. The van der Waals surface area contributed by atoms with Crippen LogP contribution >= 0.6 is 11.6 Å². The summed E-state index contributed by atoms with van der Waals surface area (Å²) in [6.07, 6.45) is -3.42. The minimum atomic E-state index is -4.76. The van der Waals surface area contributed by atoms with Crippen molar-refractivity contribution < 1.29 is 32.2 Å². The van der Waals surface area contributed by atoms with Crippen molar-refractivity contribution in [2.75, 3.05) is 0 Å². The number of benzene rings is 2. The summed E-state index contributed by atoms with van der Waals surface area (Å²) < 4.78 is 51.7. The summed E-state index contributed by atoms with van der Waals surface area (Å²) in [5.74, 6) is -1.87. The summed E-state index contributed by atoms with van der Waals surface area (Å²) in [6, 6.07) is 12.9. The van der Waals surface area contributed by atoms with Crippen LogP contribution in [0.3, 0.4) is 0 Å². The number of carbonyl (C=O) groups excluding carboxylic acids is 2. The van der Waals surface area contributed by atoms with E-state index in [2.05, 4.69) is 5.10 Å². The third-order valence-corrected chi connectivity index (χ3v) is 5.11. The van der Waals surface area contributed by atoms with Gasteiger partial charge in [-0.1, -0.05) is 49.2 Å². The Bertz CT molecular complexity index is 1180. The first-order valence-corrected chi connectivity index (χ1v) is 10.9. The molecule has 0 saturated carbocycles. The Labute approximate surface area is 199 Å². The maximum absolute atomic E-state index is 13.4. The molecule has 0 bridgehead atoms. The van der Waals surface area contributed by atoms with Gasteiger partial charge in [0, 0.05) is 23.6 Å². The summed E-state index contributed by atoms with van der Waals surface area (Å²) >= 11 is 5.97. The molecule has 0 aliphatic rings. The van der Waals surface area contributed by atoms with Gasteiger partial charge < -0.3 is 9.47 Å². The van der Waals surface area contributed by atoms with E-state index in [1.54, 1.807) is 24.3 Å². The standard InChI is InChI=1S/C24H22ClF3N2O4/c1-3-4-12-20(33-15(2)31)18-10-5-6-11-19(18)23(32)34-22-14-21(24(26,27)28)29-30(22)17-9-7-8-16(25)13-17/h5-11,13-14,20H,3-4,12H2,1-2H3. The molecule has 0 amide bonds. The van der Waals surface area contributed by atoms with Crippen molar-refractivity contribution in [3.63, 3.8) is 0 Å². The number of alkyl halides is 3. The minimum absolute atomic E-state index is 0.0669. The van der Waals surface area contributed by atoms with Crippen LogP contribution in [0.4, 0.5) is 13.2 Å². The second-order valence-corrected chi connectivity index (χ2v) is 7.91. The van der Waals surface area contributed by atoms with Crippen LogP contribution in [-0.2, 0) is 15.7 Å². The van der Waals surface area contributed by atoms with Gasteiger partial charge in [0.1, 0.15) is 6.10 Å². The zero-order chi connectivity index (χ0) is 24.9. The SMILES string of the molecule is CCCCC(OC(C)=O)c1ccccc1C(=O)Oc1cc(C(F)(F)F)nn1-c1cccc(Cl)c1. The summed E-state index contributed by atoms with van der Waals surface area (Å²) in [5.41, 5.74) is -0.581. The highest BCUT2D eigenvalue weighted by atomic mass is 35.5. The number of unbranched alkanes of at least 4 members (excludes halogenated alkanes) is 1. The van der Waals surface area contributed by atoms with E-state index >= 15 is 0 Å². The number of hydrogen-bond acceptors (Lipinski definition) is 5. The molecule has 0 aliphatic carbocycles. The molecule has 6 nitrogen and oxygen atoms in total. The third-order valence-electron chi connectivity index (χ3n) is 4.87. The average molecular weight is 495 g/mol. The second kappa shape index (κ2) is 10.7. The van der Waals surface area contributed by atoms with Crippen LogP contribution in [0.1, 0.15) is 60.8 Å². The number of hydrogen-bond donors (Lipinski definition) is 0. The fourth-order valence-electron chi connectivity index (χ4n) is 3.35. The van der Waals surface area contributed by atoms with E-state index in [0.29, 0.717) is 18.1 Å². The number of rotatable bonds is 8. The maximum Gasteiger partial charge on any atom is 0.435 e. The molecule has 3 rings (SSSR count). The predicted molar refractivity (Wildman–Crippen MR) is 119 cm³/mol. The molecule has 1 atom stereocenters. The van der Waals surface area contributed by atoms with Gasteiger partial charge in [0.05, 0.1) is 11.3 Å². The lowest BCUT2D eigenvalue weighted by Gasteiger charge is -2.19. The van der Waals surface area contributed by atoms with Gasteiger partial charge in [-0.05, 0) is 37.1 Å². The predicted octanol–water partition coefficient (Wildman–Crippen LogP) is 6.56. The molecule has 1 unspecified atom stereocenters. The molecule has 2 aromatic carbocycles. The van der Waals surface area contributed by atoms with Gasteiger partial charge in [0.15, 0.2) is 5.69 Å². The summed E-state index contributed by atoms with van der Waals surface area (Å²) in [4.78, 5) is 24.7. The quantitative estimate of drug-likeness (QED) is 0.332. The van der Waals surface area contributed by atoms with Crippen LogP contribution < -0.4 is 4.74 Å². The highest BCUT2D eigenvalue weighted by Crippen LogP contribution is 2.33. The van der Waals surface area contributed by atoms with E-state index < -0.39 is 35.8 Å². The van der Waals surface area contributed by atoms with Gasteiger partial charge in [-0.15, -0.1) is 0 Å². The van der Waals surface area contributed by atoms with E-state index in [0.717, 1.165) is 17.5 Å². The van der Waals surface area contributed by atoms with Crippen molar-refractivity contribution in [3.8, 4) is 11.6 Å². The van der Waals surface area contributed by atoms with E-state index in [4.69, 9.17) is 21.1 Å². The first-order chi connectivity index (χ1) is 16.1. The molecule has 0 N–H and O–H groups in total. The number of halogens is 4. The van der Waals surface area contributed by atoms with Crippen molar-refractivity contribution in [1.29, 1.82) is 0 Å². The Kier molecular flexibility index (Phi) is 7.98. The molecule has 1 heterocycles. The number of nitrogens with zero attached hydrogens (tertiary/aromatic N) is 2. The lowest BCUT2D eigenvalue weighted by atomic mass is 9.98. The van der Waals surface area contributed by atoms with Crippen LogP contribution in [0.15, 0.2) is 54.6 Å². The van der Waals surface area contributed by atoms with Gasteiger partial charge in [0.25, 0.3) is 0 Å². The maximum atomic E-state index is 13.4. The number of aromatic nitrogens is 2. The molecule has 0 aliphatic heterocycles. The largest absolute Gasteiger partial charge is 0.458 e. The lowest BCUT2D eigenvalue weighted by Crippen LogP contribution is -2.17. The van der Waals surface area contributed by atoms with Gasteiger partial charge in [-0.3, -0.25) is 4.79 Å². The van der Waals surface area contributed by atoms with E-state index in [-0.39, 0.29) is 16.3 Å². The fraction of sp³-hybridized carbons (Fsp3) is 0.292. The summed E-state index contributed by atoms with van der Waals surface area (Å²) in [7, 11) is 0. The van der Waals surface area contributed by atoms with Crippen LogP contribution in [0, 0.1) is 0 Å². The van der Waals surface area contributed by atoms with Crippen molar-refractivity contribution >= 4 is 23.5 Å². The van der Waals surface area contributed by atoms with E-state index in [1.807, 2.05) is 6.92 Å². The van der Waals surface area contributed by atoms with Crippen LogP contribution in [-0.4, -0.2) is 21.7 Å². The van der Waals surface area contributed by atoms with Gasteiger partial charge in [-0.2, -0.15) is 23.0 Å². The monoisotopic (exact) mass is 494 g/mol. The smallest absolute Gasteiger partial charge is 0.435 e. The Morgan fingerprint density at radius 2 is 1.85 bits per heavy atom. The van der Waals surface area contributed by atoms with Crippen molar-refractivity contribution in [3.05, 3.63) is 76.4 Å². The van der Waals surface area contributed by atoms with Gasteiger partial charge >= 0.3 is 18.1 Å².